The predicted molar refractivity (Wildman–Crippen MR) is 52.0 cm³/mol. The van der Waals surface area contributed by atoms with Crippen LogP contribution in [0.1, 0.15) is 12.5 Å². The SMILES string of the molecule is CC(NCc1ccc(O)cc1)C(=O)O. The molecule has 0 fully saturated rings. The fourth-order valence-electron chi connectivity index (χ4n) is 0.972. The number of nitrogens with one attached hydrogen (secondary N) is 1. The van der Waals surface area contributed by atoms with Gasteiger partial charge in [0.2, 0.25) is 0 Å². The molecule has 0 amide bonds. The van der Waals surface area contributed by atoms with Crippen molar-refractivity contribution in [1.29, 1.82) is 0 Å². The summed E-state index contributed by atoms with van der Waals surface area (Å²) in [5.41, 5.74) is 0.941. The van der Waals surface area contributed by atoms with Crippen molar-refractivity contribution in [3.05, 3.63) is 29.8 Å². The molecule has 4 heteroatoms. The number of carboxylic acids is 1. The van der Waals surface area contributed by atoms with Gasteiger partial charge < -0.3 is 15.5 Å². The second kappa shape index (κ2) is 4.62. The maximum Gasteiger partial charge on any atom is 0.320 e. The number of phenols is 1. The molecule has 1 aromatic rings. The second-order valence-electron chi connectivity index (χ2n) is 3.11. The third kappa shape index (κ3) is 3.06. The summed E-state index contributed by atoms with van der Waals surface area (Å²) in [6, 6.07) is 6.07. The van der Waals surface area contributed by atoms with Crippen LogP contribution in [0.4, 0.5) is 0 Å². The first kappa shape index (κ1) is 10.5. The average molecular weight is 195 g/mol. The molecule has 0 aromatic heterocycles. The van der Waals surface area contributed by atoms with Gasteiger partial charge in [-0.05, 0) is 24.6 Å². The van der Waals surface area contributed by atoms with E-state index in [-0.39, 0.29) is 5.75 Å². The summed E-state index contributed by atoms with van der Waals surface area (Å²) in [7, 11) is 0. The van der Waals surface area contributed by atoms with Gasteiger partial charge in [0.25, 0.3) is 0 Å². The van der Waals surface area contributed by atoms with Crippen LogP contribution in [0.15, 0.2) is 24.3 Å². The Hall–Kier alpha value is -1.55. The van der Waals surface area contributed by atoms with Crippen LogP contribution < -0.4 is 5.32 Å². The van der Waals surface area contributed by atoms with Gasteiger partial charge in [-0.2, -0.15) is 0 Å². The Kier molecular flexibility index (Phi) is 3.48. The van der Waals surface area contributed by atoms with Crippen LogP contribution in [0.25, 0.3) is 0 Å². The van der Waals surface area contributed by atoms with Gasteiger partial charge in [-0.1, -0.05) is 12.1 Å². The van der Waals surface area contributed by atoms with Crippen LogP contribution in [-0.2, 0) is 11.3 Å². The molecule has 1 atom stereocenters. The zero-order valence-corrected chi connectivity index (χ0v) is 7.90. The number of benzene rings is 1. The summed E-state index contributed by atoms with van der Waals surface area (Å²) in [5, 5.41) is 20.4. The van der Waals surface area contributed by atoms with E-state index in [0.29, 0.717) is 6.54 Å². The molecule has 0 aliphatic rings. The summed E-state index contributed by atoms with van der Waals surface area (Å²) >= 11 is 0. The van der Waals surface area contributed by atoms with Crippen molar-refractivity contribution in [2.24, 2.45) is 0 Å². The number of aromatic hydroxyl groups is 1. The molecule has 0 aliphatic carbocycles. The molecule has 0 aliphatic heterocycles. The second-order valence-corrected chi connectivity index (χ2v) is 3.11. The molecule has 1 rings (SSSR count). The Morgan fingerprint density at radius 1 is 1.43 bits per heavy atom. The van der Waals surface area contributed by atoms with Crippen molar-refractivity contribution in [3.8, 4) is 5.75 Å². The molecular weight excluding hydrogens is 182 g/mol. The van der Waals surface area contributed by atoms with Crippen LogP contribution in [-0.4, -0.2) is 22.2 Å². The van der Waals surface area contributed by atoms with Crippen LogP contribution in [0.2, 0.25) is 0 Å². The monoisotopic (exact) mass is 195 g/mol. The molecule has 0 saturated heterocycles. The summed E-state index contributed by atoms with van der Waals surface area (Å²) in [5.74, 6) is -0.663. The van der Waals surface area contributed by atoms with E-state index >= 15 is 0 Å². The minimum Gasteiger partial charge on any atom is -0.508 e. The van der Waals surface area contributed by atoms with E-state index in [4.69, 9.17) is 10.2 Å². The molecule has 0 saturated carbocycles. The Labute approximate surface area is 82.2 Å². The van der Waals surface area contributed by atoms with Crippen molar-refractivity contribution < 1.29 is 15.0 Å². The summed E-state index contributed by atoms with van der Waals surface area (Å²) in [6.45, 7) is 2.07. The standard InChI is InChI=1S/C10H13NO3/c1-7(10(13)14)11-6-8-2-4-9(12)5-3-8/h2-5,7,11-12H,6H2,1H3,(H,13,14). The fraction of sp³-hybridized carbons (Fsp3) is 0.300. The van der Waals surface area contributed by atoms with Crippen LogP contribution in [0.3, 0.4) is 0 Å². The highest BCUT2D eigenvalue weighted by atomic mass is 16.4. The van der Waals surface area contributed by atoms with Crippen LogP contribution in [0, 0.1) is 0 Å². The maximum absolute atomic E-state index is 10.5. The smallest absolute Gasteiger partial charge is 0.320 e. The Morgan fingerprint density at radius 2 is 2.00 bits per heavy atom. The number of rotatable bonds is 4. The molecule has 14 heavy (non-hydrogen) atoms. The van der Waals surface area contributed by atoms with E-state index in [2.05, 4.69) is 5.32 Å². The number of hydrogen-bond donors (Lipinski definition) is 3. The fourth-order valence-corrected chi connectivity index (χ4v) is 0.972. The largest absolute Gasteiger partial charge is 0.508 e. The number of phenolic OH excluding ortho intramolecular Hbond substituents is 1. The summed E-state index contributed by atoms with van der Waals surface area (Å²) in [4.78, 5) is 10.5. The Morgan fingerprint density at radius 3 is 2.50 bits per heavy atom. The van der Waals surface area contributed by atoms with Gasteiger partial charge in [-0.25, -0.2) is 0 Å². The molecule has 0 heterocycles. The minimum absolute atomic E-state index is 0.208. The Bertz CT molecular complexity index is 308. The normalized spacial score (nSPS) is 12.4. The Balaban J connectivity index is 2.46. The topological polar surface area (TPSA) is 69.6 Å². The van der Waals surface area contributed by atoms with Crippen molar-refractivity contribution in [2.75, 3.05) is 0 Å². The third-order valence-corrected chi connectivity index (χ3v) is 1.92. The molecular formula is C10H13NO3. The molecule has 0 bridgehead atoms. The van der Waals surface area contributed by atoms with Crippen molar-refractivity contribution in [3.63, 3.8) is 0 Å². The van der Waals surface area contributed by atoms with Gasteiger partial charge in [0.1, 0.15) is 11.8 Å². The average Bonchev–Trinajstić information content (AvgIpc) is 2.16. The van der Waals surface area contributed by atoms with Gasteiger partial charge in [0.15, 0.2) is 0 Å². The third-order valence-electron chi connectivity index (χ3n) is 1.92. The lowest BCUT2D eigenvalue weighted by molar-refractivity contribution is -0.139. The van der Waals surface area contributed by atoms with E-state index in [1.807, 2.05) is 0 Å². The van der Waals surface area contributed by atoms with Gasteiger partial charge in [-0.15, -0.1) is 0 Å². The van der Waals surface area contributed by atoms with Crippen molar-refractivity contribution in [2.45, 2.75) is 19.5 Å². The number of carboxylic acid groups (broad SMARTS) is 1. The highest BCUT2D eigenvalue weighted by Crippen LogP contribution is 2.09. The van der Waals surface area contributed by atoms with Crippen molar-refractivity contribution in [1.82, 2.24) is 5.32 Å². The van der Waals surface area contributed by atoms with Crippen LogP contribution >= 0.6 is 0 Å². The first-order chi connectivity index (χ1) is 6.59. The minimum atomic E-state index is -0.872. The lowest BCUT2D eigenvalue weighted by atomic mass is 10.2. The van der Waals surface area contributed by atoms with E-state index in [1.54, 1.807) is 31.2 Å². The lowest BCUT2D eigenvalue weighted by Gasteiger charge is -2.08. The number of aliphatic carboxylic acids is 1. The quantitative estimate of drug-likeness (QED) is 0.669. The number of carbonyl (C=O) groups is 1. The summed E-state index contributed by atoms with van der Waals surface area (Å²) in [6.07, 6.45) is 0. The molecule has 4 nitrogen and oxygen atoms in total. The molecule has 1 unspecified atom stereocenters. The predicted octanol–water partition coefficient (Wildman–Crippen LogP) is 0.955. The van der Waals surface area contributed by atoms with Gasteiger partial charge in [0, 0.05) is 6.54 Å². The molecule has 1 aromatic carbocycles. The highest BCUT2D eigenvalue weighted by Gasteiger charge is 2.08. The van der Waals surface area contributed by atoms with E-state index in [0.717, 1.165) is 5.56 Å². The van der Waals surface area contributed by atoms with E-state index in [1.165, 1.54) is 0 Å². The maximum atomic E-state index is 10.5. The molecule has 0 radical (unpaired) electrons. The van der Waals surface area contributed by atoms with Crippen LogP contribution in [0.5, 0.6) is 5.75 Å². The lowest BCUT2D eigenvalue weighted by Crippen LogP contribution is -2.33. The van der Waals surface area contributed by atoms with E-state index in [9.17, 15) is 4.79 Å². The van der Waals surface area contributed by atoms with Gasteiger partial charge in [-0.3, -0.25) is 4.79 Å². The first-order valence-corrected chi connectivity index (χ1v) is 4.33. The molecule has 3 N–H and O–H groups in total. The van der Waals surface area contributed by atoms with Crippen molar-refractivity contribution >= 4 is 5.97 Å². The zero-order chi connectivity index (χ0) is 10.6. The van der Waals surface area contributed by atoms with Gasteiger partial charge in [0.05, 0.1) is 0 Å². The van der Waals surface area contributed by atoms with E-state index < -0.39 is 12.0 Å². The summed E-state index contributed by atoms with van der Waals surface area (Å²) < 4.78 is 0. The molecule has 0 spiro atoms. The zero-order valence-electron chi connectivity index (χ0n) is 7.90. The molecule has 76 valence electrons. The first-order valence-electron chi connectivity index (χ1n) is 4.33. The highest BCUT2D eigenvalue weighted by molar-refractivity contribution is 5.72. The van der Waals surface area contributed by atoms with Gasteiger partial charge >= 0.3 is 5.97 Å². The number of hydrogen-bond acceptors (Lipinski definition) is 3.